The van der Waals surface area contributed by atoms with Crippen LogP contribution in [0.3, 0.4) is 0 Å². The van der Waals surface area contributed by atoms with Crippen molar-refractivity contribution in [3.8, 4) is 0 Å². The van der Waals surface area contributed by atoms with Crippen LogP contribution in [0.25, 0.3) is 0 Å². The van der Waals surface area contributed by atoms with Gasteiger partial charge >= 0.3 is 0 Å². The SMILES string of the molecule is [Co].[Co].[Co].[V]. The molecular formula is Co3V. The Morgan fingerprint density at radius 1 is 0.500 bits per heavy atom. The molecule has 4 heavy (non-hydrogen) atoms. The van der Waals surface area contributed by atoms with Gasteiger partial charge in [0, 0.05) is 68.9 Å². The largest absolute Gasteiger partial charge is 0 e. The smallest absolute Gasteiger partial charge is 0 e. The van der Waals surface area contributed by atoms with E-state index in [0.29, 0.717) is 0 Å². The van der Waals surface area contributed by atoms with Crippen LogP contribution in [0.4, 0.5) is 0 Å². The van der Waals surface area contributed by atoms with Crippen LogP contribution in [0.1, 0.15) is 0 Å². The second-order valence-electron chi connectivity index (χ2n) is 0. The third-order valence-corrected chi connectivity index (χ3v) is 0. The average Bonchev–Trinajstić information content (AvgIpc) is 0. The van der Waals surface area contributed by atoms with Gasteiger partial charge < -0.3 is 0 Å². The Hall–Kier alpha value is 2.10. The normalized spacial score (nSPS) is 0. The Morgan fingerprint density at radius 3 is 0.500 bits per heavy atom. The number of hydrogen-bond donors (Lipinski definition) is 0. The summed E-state index contributed by atoms with van der Waals surface area (Å²) in [4.78, 5) is 0. The van der Waals surface area contributed by atoms with Gasteiger partial charge in [0.25, 0.3) is 0 Å². The molecule has 0 fully saturated rings. The van der Waals surface area contributed by atoms with Crippen molar-refractivity contribution in [1.29, 1.82) is 0 Å². The van der Waals surface area contributed by atoms with Crippen LogP contribution in [-0.2, 0) is 68.9 Å². The van der Waals surface area contributed by atoms with E-state index in [-0.39, 0.29) is 68.9 Å². The van der Waals surface area contributed by atoms with Crippen LogP contribution in [0.15, 0.2) is 0 Å². The summed E-state index contributed by atoms with van der Waals surface area (Å²) in [5.41, 5.74) is 0. The van der Waals surface area contributed by atoms with E-state index in [1.807, 2.05) is 0 Å². The minimum Gasteiger partial charge on any atom is 0 e. The van der Waals surface area contributed by atoms with E-state index in [1.165, 1.54) is 0 Å². The maximum atomic E-state index is 0. The summed E-state index contributed by atoms with van der Waals surface area (Å²) in [6.45, 7) is 0. The van der Waals surface area contributed by atoms with E-state index < -0.39 is 0 Å². The zero-order valence-corrected chi connectivity index (χ0v) is 5.97. The summed E-state index contributed by atoms with van der Waals surface area (Å²) in [5.74, 6) is 0. The van der Waals surface area contributed by atoms with Crippen molar-refractivity contribution in [2.45, 2.75) is 0 Å². The molecule has 0 bridgehead atoms. The Kier molecular flexibility index (Phi) is 174. The average molecular weight is 228 g/mol. The van der Waals surface area contributed by atoms with Gasteiger partial charge in [0.05, 0.1) is 0 Å². The molecule has 0 amide bonds. The first-order chi connectivity index (χ1) is 0. The molecule has 0 N–H and O–H groups in total. The molecule has 0 aliphatic carbocycles. The van der Waals surface area contributed by atoms with Crippen molar-refractivity contribution in [1.82, 2.24) is 0 Å². The molecule has 4 heteroatoms. The van der Waals surface area contributed by atoms with E-state index in [9.17, 15) is 0 Å². The second-order valence-corrected chi connectivity index (χ2v) is 0. The topological polar surface area (TPSA) is 0 Å². The van der Waals surface area contributed by atoms with E-state index in [1.54, 1.807) is 0 Å². The molecule has 0 atom stereocenters. The van der Waals surface area contributed by atoms with Gasteiger partial charge in [-0.1, -0.05) is 0 Å². The zero-order valence-electron chi connectivity index (χ0n) is 1.45. The fraction of sp³-hybridized carbons (Fsp3) is 0. The fourth-order valence-electron chi connectivity index (χ4n) is 0. The minimum atomic E-state index is 0. The predicted molar refractivity (Wildman–Crippen MR) is 0 cm³/mol. The number of hydrogen-bond acceptors (Lipinski definition) is 0. The van der Waals surface area contributed by atoms with Crippen molar-refractivity contribution in [3.63, 3.8) is 0 Å². The molecule has 0 unspecified atom stereocenters. The Bertz CT molecular complexity index is 3.25. The summed E-state index contributed by atoms with van der Waals surface area (Å²) in [6, 6.07) is 0. The third kappa shape index (κ3) is 8.93. The predicted octanol–water partition coefficient (Wildman–Crippen LogP) is -0.0100. The molecule has 0 rings (SSSR count). The third-order valence-electron chi connectivity index (χ3n) is 0. The quantitative estimate of drug-likeness (QED) is 0.546. The summed E-state index contributed by atoms with van der Waals surface area (Å²) >= 11 is 0. The molecule has 32 valence electrons. The molecule has 0 saturated heterocycles. The van der Waals surface area contributed by atoms with Gasteiger partial charge in [-0.15, -0.1) is 0 Å². The van der Waals surface area contributed by atoms with Crippen molar-refractivity contribution in [2.75, 3.05) is 0 Å². The Morgan fingerprint density at radius 2 is 0.500 bits per heavy atom. The van der Waals surface area contributed by atoms with Gasteiger partial charge in [0.2, 0.25) is 0 Å². The van der Waals surface area contributed by atoms with Crippen LogP contribution in [0.2, 0.25) is 0 Å². The van der Waals surface area contributed by atoms with Gasteiger partial charge in [0.15, 0.2) is 0 Å². The van der Waals surface area contributed by atoms with Crippen molar-refractivity contribution in [3.05, 3.63) is 0 Å². The molecule has 0 heterocycles. The molecule has 0 aromatic heterocycles. The van der Waals surface area contributed by atoms with E-state index in [0.717, 1.165) is 0 Å². The number of rotatable bonds is 0. The van der Waals surface area contributed by atoms with Crippen LogP contribution in [0.5, 0.6) is 0 Å². The Labute approximate surface area is 68.3 Å². The molecule has 0 aromatic carbocycles. The van der Waals surface area contributed by atoms with Crippen LogP contribution in [-0.4, -0.2) is 0 Å². The maximum absolute atomic E-state index is 0. The molecule has 0 aromatic rings. The van der Waals surface area contributed by atoms with E-state index >= 15 is 0 Å². The maximum Gasteiger partial charge on any atom is 0 e. The summed E-state index contributed by atoms with van der Waals surface area (Å²) < 4.78 is 0. The zero-order chi connectivity index (χ0) is 0. The van der Waals surface area contributed by atoms with Crippen LogP contribution >= 0.6 is 0 Å². The second kappa shape index (κ2) is 19.4. The molecule has 0 aliphatic rings. The van der Waals surface area contributed by atoms with Gasteiger partial charge in [0.1, 0.15) is 0 Å². The molecule has 0 aliphatic heterocycles. The van der Waals surface area contributed by atoms with Gasteiger partial charge in [-0.05, 0) is 0 Å². The van der Waals surface area contributed by atoms with Crippen molar-refractivity contribution in [2.24, 2.45) is 0 Å². The first kappa shape index (κ1) is 35.9. The van der Waals surface area contributed by atoms with E-state index in [4.69, 9.17) is 0 Å². The monoisotopic (exact) mass is 228 g/mol. The minimum absolute atomic E-state index is 0. The van der Waals surface area contributed by atoms with Crippen molar-refractivity contribution >= 4 is 0 Å². The standard InChI is InChI=1S/3Co.V. The van der Waals surface area contributed by atoms with Gasteiger partial charge in [-0.2, -0.15) is 0 Å². The van der Waals surface area contributed by atoms with Crippen LogP contribution < -0.4 is 0 Å². The van der Waals surface area contributed by atoms with E-state index in [2.05, 4.69) is 0 Å². The fourth-order valence-corrected chi connectivity index (χ4v) is 0. The summed E-state index contributed by atoms with van der Waals surface area (Å²) in [6.07, 6.45) is 0. The molecule has 4 radical (unpaired) electrons. The molecule has 0 nitrogen and oxygen atoms in total. The first-order valence-corrected chi connectivity index (χ1v) is 0. The molecule has 0 spiro atoms. The van der Waals surface area contributed by atoms with Gasteiger partial charge in [-0.3, -0.25) is 0 Å². The summed E-state index contributed by atoms with van der Waals surface area (Å²) in [7, 11) is 0. The van der Waals surface area contributed by atoms with Gasteiger partial charge in [-0.25, -0.2) is 0 Å². The molecular weight excluding hydrogens is 228 g/mol. The van der Waals surface area contributed by atoms with Crippen LogP contribution in [0, 0.1) is 0 Å². The first-order valence-electron chi connectivity index (χ1n) is 0. The summed E-state index contributed by atoms with van der Waals surface area (Å²) in [5, 5.41) is 0. The molecule has 0 saturated carbocycles. The van der Waals surface area contributed by atoms with Crippen molar-refractivity contribution < 1.29 is 68.9 Å². The Balaban J connectivity index is 0.